The van der Waals surface area contributed by atoms with Crippen LogP contribution in [0.1, 0.15) is 22.8 Å². The highest BCUT2D eigenvalue weighted by Crippen LogP contribution is 2.29. The average Bonchev–Trinajstić information content (AvgIpc) is 2.32. The maximum atomic E-state index is 13.3. The van der Waals surface area contributed by atoms with Gasteiger partial charge in [0.2, 0.25) is 0 Å². The number of carboxylic acids is 1. The van der Waals surface area contributed by atoms with Crippen molar-refractivity contribution in [2.75, 3.05) is 0 Å². The summed E-state index contributed by atoms with van der Waals surface area (Å²) in [5.74, 6) is -1.42. The molecule has 0 aliphatic rings. The molecule has 0 amide bonds. The second-order valence-corrected chi connectivity index (χ2v) is 4.36. The molecule has 0 unspecified atom stereocenters. The summed E-state index contributed by atoms with van der Waals surface area (Å²) in [6, 6.07) is 2.87. The molecule has 3 nitrogen and oxygen atoms in total. The van der Waals surface area contributed by atoms with Gasteiger partial charge in [-0.2, -0.15) is 0 Å². The van der Waals surface area contributed by atoms with Crippen LogP contribution < -0.4 is 0 Å². The Morgan fingerprint density at radius 1 is 1.53 bits per heavy atom. The molecule has 0 spiro atoms. The Morgan fingerprint density at radius 3 is 2.82 bits per heavy atom. The van der Waals surface area contributed by atoms with E-state index in [2.05, 4.69) is 20.9 Å². The summed E-state index contributed by atoms with van der Waals surface area (Å²) < 4.78 is 13.6. The van der Waals surface area contributed by atoms with Crippen molar-refractivity contribution in [2.24, 2.45) is 0 Å². The molecular weight excluding hydrogens is 289 g/mol. The SMILES string of the molecule is CCc1c(C(=O)O)cnc2c(Br)c(F)ccc12. The van der Waals surface area contributed by atoms with Crippen LogP contribution in [0, 0.1) is 5.82 Å². The molecule has 17 heavy (non-hydrogen) atoms. The van der Waals surface area contributed by atoms with Gasteiger partial charge in [-0.05, 0) is 40.0 Å². The van der Waals surface area contributed by atoms with E-state index in [9.17, 15) is 9.18 Å². The van der Waals surface area contributed by atoms with Crippen LogP contribution in [-0.4, -0.2) is 16.1 Å². The van der Waals surface area contributed by atoms with Crippen LogP contribution >= 0.6 is 15.9 Å². The fourth-order valence-electron chi connectivity index (χ4n) is 1.83. The van der Waals surface area contributed by atoms with Gasteiger partial charge in [0.1, 0.15) is 5.82 Å². The highest BCUT2D eigenvalue weighted by molar-refractivity contribution is 9.10. The number of halogens is 2. The molecule has 88 valence electrons. The van der Waals surface area contributed by atoms with Crippen molar-refractivity contribution in [3.05, 3.63) is 39.7 Å². The van der Waals surface area contributed by atoms with Crippen molar-refractivity contribution in [3.8, 4) is 0 Å². The van der Waals surface area contributed by atoms with Crippen molar-refractivity contribution < 1.29 is 14.3 Å². The van der Waals surface area contributed by atoms with Crippen molar-refractivity contribution >= 4 is 32.8 Å². The first kappa shape index (κ1) is 12.0. The maximum Gasteiger partial charge on any atom is 0.337 e. The minimum absolute atomic E-state index is 0.165. The van der Waals surface area contributed by atoms with E-state index in [4.69, 9.17) is 5.11 Å². The Kier molecular flexibility index (Phi) is 3.11. The molecule has 0 saturated carbocycles. The zero-order valence-electron chi connectivity index (χ0n) is 9.00. The molecular formula is C12H9BrFNO2. The van der Waals surface area contributed by atoms with E-state index in [1.807, 2.05) is 6.92 Å². The number of rotatable bonds is 2. The second kappa shape index (κ2) is 4.41. The Morgan fingerprint density at radius 2 is 2.24 bits per heavy atom. The lowest BCUT2D eigenvalue weighted by molar-refractivity contribution is 0.0695. The average molecular weight is 298 g/mol. The quantitative estimate of drug-likeness (QED) is 0.924. The molecule has 1 aromatic carbocycles. The Hall–Kier alpha value is -1.49. The highest BCUT2D eigenvalue weighted by Gasteiger charge is 2.15. The van der Waals surface area contributed by atoms with Crippen molar-refractivity contribution in [2.45, 2.75) is 13.3 Å². The van der Waals surface area contributed by atoms with E-state index in [-0.39, 0.29) is 10.0 Å². The summed E-state index contributed by atoms with van der Waals surface area (Å²) in [6.45, 7) is 1.86. The maximum absolute atomic E-state index is 13.3. The molecule has 0 aliphatic heterocycles. The summed E-state index contributed by atoms with van der Waals surface area (Å²) >= 11 is 3.12. The standard InChI is InChI=1S/C12H9BrFNO2/c1-2-6-7-3-4-9(14)10(13)11(7)15-5-8(6)12(16)17/h3-5H,2H2,1H3,(H,16,17). The number of hydrogen-bond acceptors (Lipinski definition) is 2. The molecule has 2 rings (SSSR count). The smallest absolute Gasteiger partial charge is 0.337 e. The predicted octanol–water partition coefficient (Wildman–Crippen LogP) is 3.40. The van der Waals surface area contributed by atoms with Gasteiger partial charge in [0.25, 0.3) is 0 Å². The van der Waals surface area contributed by atoms with Gasteiger partial charge in [0, 0.05) is 11.6 Å². The van der Waals surface area contributed by atoms with Crippen LogP contribution in [0.3, 0.4) is 0 Å². The minimum atomic E-state index is -1.02. The molecule has 0 bridgehead atoms. The molecule has 0 aliphatic carbocycles. The number of fused-ring (bicyclic) bond motifs is 1. The van der Waals surface area contributed by atoms with Crippen LogP contribution in [0.2, 0.25) is 0 Å². The zero-order valence-corrected chi connectivity index (χ0v) is 10.6. The van der Waals surface area contributed by atoms with Gasteiger partial charge >= 0.3 is 5.97 Å². The first-order valence-corrected chi connectivity index (χ1v) is 5.84. The van der Waals surface area contributed by atoms with E-state index in [0.29, 0.717) is 22.9 Å². The largest absolute Gasteiger partial charge is 0.478 e. The van der Waals surface area contributed by atoms with Crippen molar-refractivity contribution in [1.29, 1.82) is 0 Å². The highest BCUT2D eigenvalue weighted by atomic mass is 79.9. The Balaban J connectivity index is 2.88. The number of nitrogens with zero attached hydrogens (tertiary/aromatic N) is 1. The second-order valence-electron chi connectivity index (χ2n) is 3.57. The van der Waals surface area contributed by atoms with E-state index in [1.54, 1.807) is 6.07 Å². The monoisotopic (exact) mass is 297 g/mol. The van der Waals surface area contributed by atoms with Crippen LogP contribution in [-0.2, 0) is 6.42 Å². The lowest BCUT2D eigenvalue weighted by atomic mass is 10.0. The fourth-order valence-corrected chi connectivity index (χ4v) is 2.28. The minimum Gasteiger partial charge on any atom is -0.478 e. The number of carbonyl (C=O) groups is 1. The first-order chi connectivity index (χ1) is 8.06. The van der Waals surface area contributed by atoms with Crippen molar-refractivity contribution in [3.63, 3.8) is 0 Å². The number of carboxylic acid groups (broad SMARTS) is 1. The molecule has 0 radical (unpaired) electrons. The lowest BCUT2D eigenvalue weighted by Crippen LogP contribution is -2.04. The van der Waals surface area contributed by atoms with Crippen LogP contribution in [0.25, 0.3) is 10.9 Å². The third-order valence-electron chi connectivity index (χ3n) is 2.63. The topological polar surface area (TPSA) is 50.2 Å². The summed E-state index contributed by atoms with van der Waals surface area (Å²) in [7, 11) is 0. The van der Waals surface area contributed by atoms with Crippen LogP contribution in [0.15, 0.2) is 22.8 Å². The van der Waals surface area contributed by atoms with Gasteiger partial charge in [0.15, 0.2) is 0 Å². The molecule has 1 heterocycles. The molecule has 0 saturated heterocycles. The van der Waals surface area contributed by atoms with Crippen LogP contribution in [0.4, 0.5) is 4.39 Å². The van der Waals surface area contributed by atoms with Gasteiger partial charge in [-0.1, -0.05) is 6.92 Å². The summed E-state index contributed by atoms with van der Waals surface area (Å²) in [6.07, 6.45) is 1.83. The molecule has 0 atom stereocenters. The van der Waals surface area contributed by atoms with E-state index >= 15 is 0 Å². The van der Waals surface area contributed by atoms with Gasteiger partial charge in [-0.3, -0.25) is 4.98 Å². The van der Waals surface area contributed by atoms with Crippen molar-refractivity contribution in [1.82, 2.24) is 4.98 Å². The van der Waals surface area contributed by atoms with Gasteiger partial charge in [0.05, 0.1) is 15.6 Å². The molecule has 0 fully saturated rings. The number of pyridine rings is 1. The molecule has 2 aromatic rings. The Labute approximate surface area is 105 Å². The molecule has 5 heteroatoms. The lowest BCUT2D eigenvalue weighted by Gasteiger charge is -2.09. The molecule has 1 N–H and O–H groups in total. The Bertz CT molecular complexity index is 613. The van der Waals surface area contributed by atoms with Gasteiger partial charge < -0.3 is 5.11 Å². The third-order valence-corrected chi connectivity index (χ3v) is 3.38. The number of hydrogen-bond donors (Lipinski definition) is 1. The summed E-state index contributed by atoms with van der Waals surface area (Å²) in [5, 5.41) is 9.72. The van der Waals surface area contributed by atoms with Gasteiger partial charge in [-0.25, -0.2) is 9.18 Å². The van der Waals surface area contributed by atoms with E-state index < -0.39 is 11.8 Å². The van der Waals surface area contributed by atoms with Crippen LogP contribution in [0.5, 0.6) is 0 Å². The summed E-state index contributed by atoms with van der Waals surface area (Å²) in [5.41, 5.74) is 1.29. The number of aryl methyl sites for hydroxylation is 1. The summed E-state index contributed by atoms with van der Waals surface area (Å²) in [4.78, 5) is 15.1. The van der Waals surface area contributed by atoms with E-state index in [1.165, 1.54) is 12.3 Å². The third kappa shape index (κ3) is 1.91. The number of aromatic nitrogens is 1. The number of aromatic carboxylic acids is 1. The predicted molar refractivity (Wildman–Crippen MR) is 65.7 cm³/mol. The fraction of sp³-hybridized carbons (Fsp3) is 0.167. The van der Waals surface area contributed by atoms with Gasteiger partial charge in [-0.15, -0.1) is 0 Å². The first-order valence-electron chi connectivity index (χ1n) is 5.05. The zero-order chi connectivity index (χ0) is 12.6. The number of benzene rings is 1. The van der Waals surface area contributed by atoms with E-state index in [0.717, 1.165) is 0 Å². The molecule has 1 aromatic heterocycles. The normalized spacial score (nSPS) is 10.8.